The first-order valence-corrected chi connectivity index (χ1v) is 8.77. The maximum Gasteiger partial charge on any atom is 0.325 e. The number of amides is 2. The molecule has 2 rings (SSSR count). The molecule has 0 atom stereocenters. The van der Waals surface area contributed by atoms with Gasteiger partial charge in [0, 0.05) is 17.3 Å². The minimum absolute atomic E-state index is 0.130. The number of methoxy groups -OCH3 is 3. The summed E-state index contributed by atoms with van der Waals surface area (Å²) in [4.78, 5) is 35.8. The van der Waals surface area contributed by atoms with Gasteiger partial charge in [0.2, 0.25) is 5.75 Å². The van der Waals surface area contributed by atoms with Gasteiger partial charge in [-0.15, -0.1) is 0 Å². The van der Waals surface area contributed by atoms with Crippen molar-refractivity contribution in [3.63, 3.8) is 0 Å². The lowest BCUT2D eigenvalue weighted by molar-refractivity contribution is -0.146. The average molecular weight is 438 g/mol. The summed E-state index contributed by atoms with van der Waals surface area (Å²) in [7, 11) is 4.19. The topological polar surface area (TPSA) is 112 Å². The van der Waals surface area contributed by atoms with Gasteiger partial charge in [0.05, 0.1) is 21.3 Å². The Labute approximate surface area is 176 Å². The number of hydrogen-bond donors (Lipinski definition) is 2. The molecule has 0 spiro atoms. The number of anilines is 1. The molecule has 166 valence electrons. The molecule has 0 heterocycles. The van der Waals surface area contributed by atoms with Crippen LogP contribution in [0.3, 0.4) is 0 Å². The Morgan fingerprint density at radius 1 is 0.871 bits per heavy atom. The van der Waals surface area contributed by atoms with Crippen LogP contribution in [0, 0.1) is 11.6 Å². The summed E-state index contributed by atoms with van der Waals surface area (Å²) in [6.45, 7) is -1.24. The molecule has 0 aliphatic carbocycles. The quantitative estimate of drug-likeness (QED) is 0.575. The molecule has 2 amide bonds. The lowest BCUT2D eigenvalue weighted by Gasteiger charge is -2.14. The van der Waals surface area contributed by atoms with Crippen LogP contribution in [0.5, 0.6) is 17.2 Å². The molecule has 0 saturated carbocycles. The second-order valence-electron chi connectivity index (χ2n) is 5.96. The number of carbonyl (C=O) groups excluding carboxylic acids is 3. The highest BCUT2D eigenvalue weighted by Gasteiger charge is 2.18. The molecule has 2 aromatic rings. The number of carbonyl (C=O) groups is 3. The fourth-order valence-electron chi connectivity index (χ4n) is 2.49. The van der Waals surface area contributed by atoms with Gasteiger partial charge >= 0.3 is 5.97 Å². The van der Waals surface area contributed by atoms with Crippen LogP contribution in [0.25, 0.3) is 0 Å². The zero-order valence-electron chi connectivity index (χ0n) is 16.9. The summed E-state index contributed by atoms with van der Waals surface area (Å²) >= 11 is 0. The zero-order valence-corrected chi connectivity index (χ0v) is 16.9. The van der Waals surface area contributed by atoms with Crippen molar-refractivity contribution in [2.24, 2.45) is 0 Å². The third kappa shape index (κ3) is 6.56. The first-order chi connectivity index (χ1) is 14.8. The Bertz CT molecular complexity index is 937. The van der Waals surface area contributed by atoms with Crippen molar-refractivity contribution < 1.29 is 42.1 Å². The molecule has 31 heavy (non-hydrogen) atoms. The standard InChI is InChI=1S/C20H20F2N2O7/c1-28-15-4-11(5-16(29-2)19(15)30-3)20(27)23-9-18(26)31-10-17(25)24-14-7-12(21)6-13(22)8-14/h4-8H,9-10H2,1-3H3,(H,23,27)(H,24,25). The molecule has 11 heteroatoms. The van der Waals surface area contributed by atoms with E-state index in [2.05, 4.69) is 10.6 Å². The highest BCUT2D eigenvalue weighted by molar-refractivity contribution is 5.97. The Kier molecular flexibility index (Phi) is 8.12. The van der Waals surface area contributed by atoms with E-state index in [0.29, 0.717) is 11.8 Å². The van der Waals surface area contributed by atoms with E-state index in [4.69, 9.17) is 18.9 Å². The van der Waals surface area contributed by atoms with Gasteiger partial charge in [0.1, 0.15) is 18.2 Å². The summed E-state index contributed by atoms with van der Waals surface area (Å²) in [5.74, 6) is -3.29. The minimum Gasteiger partial charge on any atom is -0.493 e. The van der Waals surface area contributed by atoms with Crippen LogP contribution in [0.4, 0.5) is 14.5 Å². The molecular weight excluding hydrogens is 418 g/mol. The fraction of sp³-hybridized carbons (Fsp3) is 0.250. The molecular formula is C20H20F2N2O7. The van der Waals surface area contributed by atoms with Gasteiger partial charge in [-0.05, 0) is 24.3 Å². The van der Waals surface area contributed by atoms with E-state index in [9.17, 15) is 23.2 Å². The second-order valence-corrected chi connectivity index (χ2v) is 5.96. The fourth-order valence-corrected chi connectivity index (χ4v) is 2.49. The van der Waals surface area contributed by atoms with Crippen LogP contribution in [0.15, 0.2) is 30.3 Å². The van der Waals surface area contributed by atoms with Crippen LogP contribution in [0.2, 0.25) is 0 Å². The number of ether oxygens (including phenoxy) is 4. The minimum atomic E-state index is -0.902. The normalized spacial score (nSPS) is 10.1. The van der Waals surface area contributed by atoms with Crippen LogP contribution >= 0.6 is 0 Å². The molecule has 0 saturated heterocycles. The zero-order chi connectivity index (χ0) is 23.0. The molecule has 0 radical (unpaired) electrons. The molecule has 0 fully saturated rings. The summed E-state index contributed by atoms with van der Waals surface area (Å²) in [5, 5.41) is 4.51. The largest absolute Gasteiger partial charge is 0.493 e. The molecule has 9 nitrogen and oxygen atoms in total. The summed E-state index contributed by atoms with van der Waals surface area (Å²) in [6.07, 6.45) is 0. The summed E-state index contributed by atoms with van der Waals surface area (Å²) in [6, 6.07) is 5.24. The number of rotatable bonds is 9. The first kappa shape index (κ1) is 23.4. The van der Waals surface area contributed by atoms with Crippen LogP contribution in [0.1, 0.15) is 10.4 Å². The summed E-state index contributed by atoms with van der Waals surface area (Å²) in [5.41, 5.74) is 0.00225. The smallest absolute Gasteiger partial charge is 0.325 e. The van der Waals surface area contributed by atoms with E-state index >= 15 is 0 Å². The van der Waals surface area contributed by atoms with E-state index in [1.807, 2.05) is 0 Å². The molecule has 2 N–H and O–H groups in total. The van der Waals surface area contributed by atoms with Gasteiger partial charge in [-0.25, -0.2) is 8.78 Å². The van der Waals surface area contributed by atoms with Crippen molar-refractivity contribution in [1.82, 2.24) is 5.32 Å². The van der Waals surface area contributed by atoms with Crippen molar-refractivity contribution in [1.29, 1.82) is 0 Å². The summed E-state index contributed by atoms with van der Waals surface area (Å²) < 4.78 is 46.4. The van der Waals surface area contributed by atoms with Crippen molar-refractivity contribution in [2.45, 2.75) is 0 Å². The molecule has 2 aromatic carbocycles. The van der Waals surface area contributed by atoms with E-state index in [1.165, 1.54) is 33.5 Å². The Balaban J connectivity index is 1.88. The molecule has 0 aliphatic rings. The maximum absolute atomic E-state index is 13.1. The van der Waals surface area contributed by atoms with E-state index in [0.717, 1.165) is 12.1 Å². The predicted octanol–water partition coefficient (Wildman–Crippen LogP) is 1.90. The monoisotopic (exact) mass is 438 g/mol. The third-order valence-electron chi connectivity index (χ3n) is 3.83. The van der Waals surface area contributed by atoms with Crippen LogP contribution in [-0.4, -0.2) is 52.3 Å². The van der Waals surface area contributed by atoms with Gasteiger partial charge in [0.25, 0.3) is 11.8 Å². The highest BCUT2D eigenvalue weighted by atomic mass is 19.1. The number of benzene rings is 2. The predicted molar refractivity (Wildman–Crippen MR) is 104 cm³/mol. The third-order valence-corrected chi connectivity index (χ3v) is 3.83. The first-order valence-electron chi connectivity index (χ1n) is 8.77. The highest BCUT2D eigenvalue weighted by Crippen LogP contribution is 2.38. The Morgan fingerprint density at radius 2 is 1.45 bits per heavy atom. The lowest BCUT2D eigenvalue weighted by Crippen LogP contribution is -2.32. The maximum atomic E-state index is 13.1. The van der Waals surface area contributed by atoms with E-state index in [-0.39, 0.29) is 22.7 Å². The number of halogens is 2. The van der Waals surface area contributed by atoms with Gasteiger partial charge < -0.3 is 29.6 Å². The van der Waals surface area contributed by atoms with Gasteiger partial charge in [-0.1, -0.05) is 0 Å². The van der Waals surface area contributed by atoms with Crippen molar-refractivity contribution in [3.8, 4) is 17.2 Å². The average Bonchev–Trinajstić information content (AvgIpc) is 2.74. The molecule has 0 aromatic heterocycles. The van der Waals surface area contributed by atoms with Crippen molar-refractivity contribution >= 4 is 23.5 Å². The van der Waals surface area contributed by atoms with Gasteiger partial charge in [0.15, 0.2) is 18.1 Å². The Hall–Kier alpha value is -3.89. The van der Waals surface area contributed by atoms with Crippen LogP contribution in [-0.2, 0) is 14.3 Å². The second kappa shape index (κ2) is 10.8. The number of hydrogen-bond acceptors (Lipinski definition) is 7. The van der Waals surface area contributed by atoms with Gasteiger partial charge in [-0.2, -0.15) is 0 Å². The van der Waals surface area contributed by atoms with Crippen molar-refractivity contribution in [2.75, 3.05) is 39.8 Å². The van der Waals surface area contributed by atoms with Gasteiger partial charge in [-0.3, -0.25) is 14.4 Å². The lowest BCUT2D eigenvalue weighted by atomic mass is 10.1. The van der Waals surface area contributed by atoms with E-state index < -0.39 is 42.6 Å². The Morgan fingerprint density at radius 3 is 1.97 bits per heavy atom. The number of esters is 1. The molecule has 0 bridgehead atoms. The molecule has 0 aliphatic heterocycles. The van der Waals surface area contributed by atoms with E-state index in [1.54, 1.807) is 0 Å². The SMILES string of the molecule is COc1cc(C(=O)NCC(=O)OCC(=O)Nc2cc(F)cc(F)c2)cc(OC)c1OC. The number of nitrogens with one attached hydrogen (secondary N) is 2. The van der Waals surface area contributed by atoms with Crippen LogP contribution < -0.4 is 24.8 Å². The van der Waals surface area contributed by atoms with Crippen molar-refractivity contribution in [3.05, 3.63) is 47.5 Å². The molecule has 0 unspecified atom stereocenters.